The first-order valence-electron chi connectivity index (χ1n) is 3.27. The molecule has 1 aromatic carbocycles. The van der Waals surface area contributed by atoms with Crippen LogP contribution in [0.15, 0.2) is 30.3 Å². The Hall–Kier alpha value is -0.680. The highest BCUT2D eigenvalue weighted by atomic mass is 32.8. The van der Waals surface area contributed by atoms with Gasteiger partial charge in [0.2, 0.25) is 0 Å². The second-order valence-electron chi connectivity index (χ2n) is 2.37. The minimum absolute atomic E-state index is 0.183. The molecule has 0 radical (unpaired) electrons. The molecule has 0 bridgehead atoms. The van der Waals surface area contributed by atoms with Crippen molar-refractivity contribution in [3.63, 3.8) is 0 Å². The Balaban J connectivity index is 3.34. The molecule has 1 rings (SSSR count). The van der Waals surface area contributed by atoms with Gasteiger partial charge in [0, 0.05) is 0 Å². The van der Waals surface area contributed by atoms with E-state index in [-0.39, 0.29) is 5.30 Å². The van der Waals surface area contributed by atoms with Crippen LogP contribution in [0.4, 0.5) is 0 Å². The fraction of sp³-hybridized carbons (Fsp3) is 0. The van der Waals surface area contributed by atoms with E-state index >= 15 is 0 Å². The number of hydrogen-bond acceptors (Lipinski definition) is 3. The molecule has 1 atom stereocenters. The molecule has 1 unspecified atom stereocenters. The molecule has 0 fully saturated rings. The molecular weight excluding hydrogens is 213 g/mol. The number of benzene rings is 1. The second kappa shape index (κ2) is 3.23. The molecule has 0 heterocycles. The molecule has 0 aliphatic heterocycles. The van der Waals surface area contributed by atoms with Crippen LogP contribution in [-0.2, 0) is 14.2 Å². The van der Waals surface area contributed by atoms with E-state index in [0.717, 1.165) is 0 Å². The fourth-order valence-electron chi connectivity index (χ4n) is 0.763. The third-order valence-electron chi connectivity index (χ3n) is 1.43. The highest BCUT2D eigenvalue weighted by Crippen LogP contribution is 2.43. The zero-order chi connectivity index (χ0) is 10.1. The summed E-state index contributed by atoms with van der Waals surface area (Å²) in [5, 5.41) is 4.42. The Bertz CT molecular complexity index is 441. The van der Waals surface area contributed by atoms with E-state index in [1.165, 1.54) is 24.3 Å². The number of hydrogen-bond donors (Lipinski definition) is 2. The van der Waals surface area contributed by atoms with Gasteiger partial charge in [-0.15, -0.1) is 0 Å². The SMILES string of the molecule is NS(=O)(=O)P(=O)(O)c1ccccc1. The largest absolute Gasteiger partial charge is 0.355 e. The summed E-state index contributed by atoms with van der Waals surface area (Å²) in [6.07, 6.45) is 0. The first-order valence-corrected chi connectivity index (χ1v) is 7.08. The predicted molar refractivity (Wildman–Crippen MR) is 49.0 cm³/mol. The lowest BCUT2D eigenvalue weighted by atomic mass is 10.4. The van der Waals surface area contributed by atoms with E-state index in [9.17, 15) is 13.0 Å². The molecular formula is C6H8NO4PS. The maximum Gasteiger partial charge on any atom is 0.355 e. The highest BCUT2D eigenvalue weighted by molar-refractivity contribution is 8.52. The molecule has 72 valence electrons. The van der Waals surface area contributed by atoms with E-state index in [1.54, 1.807) is 6.07 Å². The predicted octanol–water partition coefficient (Wildman–Crippen LogP) is -0.214. The Labute approximate surface area is 75.5 Å². The molecule has 0 aliphatic rings. The molecule has 0 saturated carbocycles. The van der Waals surface area contributed by atoms with Crippen LogP contribution in [0.25, 0.3) is 0 Å². The van der Waals surface area contributed by atoms with Crippen molar-refractivity contribution in [3.05, 3.63) is 30.3 Å². The lowest BCUT2D eigenvalue weighted by Gasteiger charge is -2.07. The standard InChI is InChI=1S/C6H8NO4PS/c7-13(10,11)12(8,9)6-4-2-1-3-5-6/h1-5H,(H,8,9)(H2,7,10,11). The van der Waals surface area contributed by atoms with Gasteiger partial charge in [0.15, 0.2) is 0 Å². The van der Waals surface area contributed by atoms with E-state index in [4.69, 9.17) is 4.89 Å². The zero-order valence-corrected chi connectivity index (χ0v) is 8.20. The van der Waals surface area contributed by atoms with Crippen molar-refractivity contribution >= 4 is 21.5 Å². The van der Waals surface area contributed by atoms with Gasteiger partial charge in [-0.05, 0) is 12.1 Å². The van der Waals surface area contributed by atoms with Crippen molar-refractivity contribution in [3.8, 4) is 0 Å². The van der Waals surface area contributed by atoms with Gasteiger partial charge in [-0.2, -0.15) is 0 Å². The van der Waals surface area contributed by atoms with Crippen LogP contribution in [0, 0.1) is 0 Å². The van der Waals surface area contributed by atoms with Gasteiger partial charge in [0.1, 0.15) is 0 Å². The Kier molecular flexibility index (Phi) is 2.58. The summed E-state index contributed by atoms with van der Waals surface area (Å²) in [7, 11) is -4.44. The first-order chi connectivity index (χ1) is 5.86. The Morgan fingerprint density at radius 1 is 1.23 bits per heavy atom. The number of nitrogens with two attached hydrogens (primary N) is 1. The summed E-state index contributed by atoms with van der Waals surface area (Å²) in [5.74, 6) is 0. The minimum atomic E-state index is -4.48. The molecule has 5 nitrogen and oxygen atoms in total. The van der Waals surface area contributed by atoms with Crippen LogP contribution in [0.1, 0.15) is 0 Å². The normalized spacial score (nSPS) is 16.5. The third kappa shape index (κ3) is 1.97. The van der Waals surface area contributed by atoms with Gasteiger partial charge in [-0.1, -0.05) is 18.2 Å². The first kappa shape index (κ1) is 10.4. The smallest absolute Gasteiger partial charge is 0.329 e. The van der Waals surface area contributed by atoms with Gasteiger partial charge in [-0.25, -0.2) is 13.6 Å². The third-order valence-corrected chi connectivity index (χ3v) is 5.77. The molecule has 0 saturated heterocycles. The van der Waals surface area contributed by atoms with E-state index in [2.05, 4.69) is 5.14 Å². The van der Waals surface area contributed by atoms with Gasteiger partial charge in [0.05, 0.1) is 5.30 Å². The maximum absolute atomic E-state index is 11.3. The van der Waals surface area contributed by atoms with Crippen LogP contribution in [0.3, 0.4) is 0 Å². The van der Waals surface area contributed by atoms with Gasteiger partial charge < -0.3 is 4.89 Å². The lowest BCUT2D eigenvalue weighted by molar-refractivity contribution is 0.498. The lowest BCUT2D eigenvalue weighted by Crippen LogP contribution is -2.19. The van der Waals surface area contributed by atoms with E-state index in [1.807, 2.05) is 0 Å². The van der Waals surface area contributed by atoms with Crippen LogP contribution in [0.2, 0.25) is 0 Å². The molecule has 0 aliphatic carbocycles. The van der Waals surface area contributed by atoms with Crippen LogP contribution in [-0.4, -0.2) is 13.3 Å². The minimum Gasteiger partial charge on any atom is -0.329 e. The van der Waals surface area contributed by atoms with Crippen molar-refractivity contribution < 1.29 is 17.9 Å². The van der Waals surface area contributed by atoms with Crippen LogP contribution < -0.4 is 10.4 Å². The average molecular weight is 221 g/mol. The van der Waals surface area contributed by atoms with Crippen molar-refractivity contribution in [1.82, 2.24) is 0 Å². The van der Waals surface area contributed by atoms with Gasteiger partial charge >= 0.3 is 6.57 Å². The summed E-state index contributed by atoms with van der Waals surface area (Å²) in [6, 6.07) is 7.01. The monoisotopic (exact) mass is 221 g/mol. The average Bonchev–Trinajstić information content (AvgIpc) is 2.04. The molecule has 13 heavy (non-hydrogen) atoms. The zero-order valence-electron chi connectivity index (χ0n) is 6.49. The quantitative estimate of drug-likeness (QED) is 0.675. The molecule has 0 spiro atoms. The molecule has 1 aromatic rings. The molecule has 7 heteroatoms. The Morgan fingerprint density at radius 3 is 2.08 bits per heavy atom. The van der Waals surface area contributed by atoms with Crippen molar-refractivity contribution in [2.24, 2.45) is 5.14 Å². The second-order valence-corrected chi connectivity index (χ2v) is 7.97. The summed E-state index contributed by atoms with van der Waals surface area (Å²) < 4.78 is 32.7. The molecule has 0 amide bonds. The summed E-state index contributed by atoms with van der Waals surface area (Å²) in [6.45, 7) is -4.48. The highest BCUT2D eigenvalue weighted by Gasteiger charge is 2.34. The van der Waals surface area contributed by atoms with Crippen LogP contribution >= 0.6 is 6.57 Å². The Morgan fingerprint density at radius 2 is 1.69 bits per heavy atom. The summed E-state index contributed by atoms with van der Waals surface area (Å²) in [4.78, 5) is 9.16. The van der Waals surface area contributed by atoms with Crippen LogP contribution in [0.5, 0.6) is 0 Å². The van der Waals surface area contributed by atoms with E-state index in [0.29, 0.717) is 0 Å². The van der Waals surface area contributed by atoms with Gasteiger partial charge in [-0.3, -0.25) is 4.57 Å². The van der Waals surface area contributed by atoms with E-state index < -0.39 is 16.2 Å². The topological polar surface area (TPSA) is 97.5 Å². The van der Waals surface area contributed by atoms with Gasteiger partial charge in [0.25, 0.3) is 9.64 Å². The molecule has 3 N–H and O–H groups in total. The molecule has 0 aromatic heterocycles. The van der Waals surface area contributed by atoms with Crippen molar-refractivity contribution in [2.45, 2.75) is 0 Å². The van der Waals surface area contributed by atoms with Crippen molar-refractivity contribution in [1.29, 1.82) is 0 Å². The van der Waals surface area contributed by atoms with Crippen molar-refractivity contribution in [2.75, 3.05) is 0 Å². The number of rotatable bonds is 2. The fourth-order valence-corrected chi connectivity index (χ4v) is 2.85. The summed E-state index contributed by atoms with van der Waals surface area (Å²) >= 11 is 0. The summed E-state index contributed by atoms with van der Waals surface area (Å²) in [5.41, 5.74) is 0. The maximum atomic E-state index is 11.3.